The molecule has 122 valence electrons. The third-order valence-corrected chi connectivity index (χ3v) is 4.86. The van der Waals surface area contributed by atoms with Gasteiger partial charge in [0.15, 0.2) is 0 Å². The third-order valence-electron chi connectivity index (χ3n) is 4.86. The summed E-state index contributed by atoms with van der Waals surface area (Å²) in [5.74, 6) is -0.0291. The lowest BCUT2D eigenvalue weighted by Gasteiger charge is -2.27. The van der Waals surface area contributed by atoms with E-state index in [0.717, 1.165) is 36.1 Å². The van der Waals surface area contributed by atoms with Gasteiger partial charge in [0.05, 0.1) is 6.04 Å². The number of rotatable bonds is 3. The predicted molar refractivity (Wildman–Crippen MR) is 89.1 cm³/mol. The number of aromatic nitrogens is 1. The number of amides is 2. The van der Waals surface area contributed by atoms with Crippen LogP contribution in [0.4, 0.5) is 0 Å². The molecule has 2 aliphatic heterocycles. The number of fused-ring (bicyclic) bond motifs is 1. The molecule has 1 unspecified atom stereocenters. The quantitative estimate of drug-likeness (QED) is 0.872. The fraction of sp³-hybridized carbons (Fsp3) is 0.316. The van der Waals surface area contributed by atoms with E-state index in [9.17, 15) is 9.59 Å². The van der Waals surface area contributed by atoms with E-state index in [4.69, 9.17) is 0 Å². The molecule has 4 rings (SSSR count). The van der Waals surface area contributed by atoms with Gasteiger partial charge in [0, 0.05) is 31.0 Å². The van der Waals surface area contributed by atoms with Gasteiger partial charge in [-0.05, 0) is 36.1 Å². The second-order valence-corrected chi connectivity index (χ2v) is 6.35. The molecule has 0 aliphatic carbocycles. The fourth-order valence-electron chi connectivity index (χ4n) is 3.68. The van der Waals surface area contributed by atoms with E-state index in [1.165, 1.54) is 0 Å². The Morgan fingerprint density at radius 2 is 2.08 bits per heavy atom. The smallest absolute Gasteiger partial charge is 0.254 e. The molecule has 2 amide bonds. The zero-order valence-electron chi connectivity index (χ0n) is 13.4. The van der Waals surface area contributed by atoms with E-state index in [2.05, 4.69) is 4.98 Å². The summed E-state index contributed by atoms with van der Waals surface area (Å²) in [7, 11) is 0. The van der Waals surface area contributed by atoms with Crippen LogP contribution in [-0.4, -0.2) is 39.7 Å². The van der Waals surface area contributed by atoms with E-state index in [-0.39, 0.29) is 24.4 Å². The summed E-state index contributed by atoms with van der Waals surface area (Å²) in [5, 5.41) is 0. The van der Waals surface area contributed by atoms with Gasteiger partial charge in [0.1, 0.15) is 6.54 Å². The summed E-state index contributed by atoms with van der Waals surface area (Å²) in [6, 6.07) is 11.6. The number of benzene rings is 1. The van der Waals surface area contributed by atoms with E-state index >= 15 is 0 Å². The molecule has 0 spiro atoms. The Labute approximate surface area is 140 Å². The maximum absolute atomic E-state index is 12.8. The van der Waals surface area contributed by atoms with Gasteiger partial charge in [0.25, 0.3) is 5.91 Å². The summed E-state index contributed by atoms with van der Waals surface area (Å²) >= 11 is 0. The van der Waals surface area contributed by atoms with Crippen molar-refractivity contribution in [1.29, 1.82) is 0 Å². The van der Waals surface area contributed by atoms with Crippen molar-refractivity contribution < 1.29 is 9.59 Å². The molecular weight excluding hydrogens is 302 g/mol. The Bertz CT molecular complexity index is 775. The molecule has 2 aliphatic rings. The Hall–Kier alpha value is -2.69. The molecule has 0 bridgehead atoms. The highest BCUT2D eigenvalue weighted by atomic mass is 16.2. The Morgan fingerprint density at radius 1 is 1.21 bits per heavy atom. The minimum atomic E-state index is -0.0453. The number of hydrogen-bond donors (Lipinski definition) is 0. The Morgan fingerprint density at radius 3 is 2.88 bits per heavy atom. The summed E-state index contributed by atoms with van der Waals surface area (Å²) in [4.78, 5) is 32.9. The maximum Gasteiger partial charge on any atom is 0.254 e. The van der Waals surface area contributed by atoms with Gasteiger partial charge < -0.3 is 9.80 Å². The highest BCUT2D eigenvalue weighted by Crippen LogP contribution is 2.32. The topological polar surface area (TPSA) is 53.5 Å². The second-order valence-electron chi connectivity index (χ2n) is 6.35. The van der Waals surface area contributed by atoms with Crippen molar-refractivity contribution in [2.45, 2.75) is 25.4 Å². The number of nitrogens with zero attached hydrogens (tertiary/aromatic N) is 3. The zero-order valence-corrected chi connectivity index (χ0v) is 13.4. The van der Waals surface area contributed by atoms with Crippen LogP contribution in [0.15, 0.2) is 48.8 Å². The van der Waals surface area contributed by atoms with Crippen molar-refractivity contribution in [3.8, 4) is 0 Å². The first-order valence-electron chi connectivity index (χ1n) is 8.30. The van der Waals surface area contributed by atoms with Crippen LogP contribution in [0.2, 0.25) is 0 Å². The molecule has 1 fully saturated rings. The second kappa shape index (κ2) is 6.07. The summed E-state index contributed by atoms with van der Waals surface area (Å²) in [6.07, 6.45) is 5.50. The van der Waals surface area contributed by atoms with Crippen molar-refractivity contribution in [1.82, 2.24) is 14.8 Å². The normalized spacial score (nSPS) is 19.7. The highest BCUT2D eigenvalue weighted by molar-refractivity contribution is 6.00. The first kappa shape index (κ1) is 14.9. The van der Waals surface area contributed by atoms with Gasteiger partial charge in [-0.3, -0.25) is 14.6 Å². The lowest BCUT2D eigenvalue weighted by Crippen LogP contribution is -2.40. The maximum atomic E-state index is 12.8. The van der Waals surface area contributed by atoms with Crippen molar-refractivity contribution in [2.24, 2.45) is 0 Å². The van der Waals surface area contributed by atoms with Gasteiger partial charge in [-0.2, -0.15) is 0 Å². The highest BCUT2D eigenvalue weighted by Gasteiger charge is 2.34. The monoisotopic (exact) mass is 321 g/mol. The molecule has 1 aromatic carbocycles. The average molecular weight is 321 g/mol. The van der Waals surface area contributed by atoms with Gasteiger partial charge in [0.2, 0.25) is 5.91 Å². The van der Waals surface area contributed by atoms with Crippen LogP contribution >= 0.6 is 0 Å². The average Bonchev–Trinajstić information content (AvgIpc) is 3.22. The van der Waals surface area contributed by atoms with Crippen molar-refractivity contribution in [3.05, 3.63) is 65.5 Å². The Kier molecular flexibility index (Phi) is 3.76. The number of carbonyl (C=O) groups is 2. The summed E-state index contributed by atoms with van der Waals surface area (Å²) in [6.45, 7) is 1.41. The zero-order chi connectivity index (χ0) is 16.5. The predicted octanol–water partition coefficient (Wildman–Crippen LogP) is 2.40. The van der Waals surface area contributed by atoms with Crippen molar-refractivity contribution >= 4 is 11.8 Å². The van der Waals surface area contributed by atoms with Crippen LogP contribution in [0.1, 0.15) is 40.4 Å². The van der Waals surface area contributed by atoms with Crippen LogP contribution in [-0.2, 0) is 11.3 Å². The molecule has 0 N–H and O–H groups in total. The van der Waals surface area contributed by atoms with Crippen LogP contribution in [0.3, 0.4) is 0 Å². The van der Waals surface area contributed by atoms with Crippen LogP contribution in [0, 0.1) is 0 Å². The number of likely N-dealkylation sites (tertiary alicyclic amines) is 1. The lowest BCUT2D eigenvalue weighted by atomic mass is 10.1. The molecule has 0 saturated carbocycles. The first-order chi connectivity index (χ1) is 11.7. The fourth-order valence-corrected chi connectivity index (χ4v) is 3.68. The number of hydrogen-bond acceptors (Lipinski definition) is 3. The Balaban J connectivity index is 1.48. The largest absolute Gasteiger partial charge is 0.334 e. The molecule has 1 aromatic heterocycles. The summed E-state index contributed by atoms with van der Waals surface area (Å²) in [5.41, 5.74) is 2.79. The van der Waals surface area contributed by atoms with Crippen LogP contribution < -0.4 is 0 Å². The molecular formula is C19H19N3O2. The van der Waals surface area contributed by atoms with E-state index in [1.807, 2.05) is 47.5 Å². The van der Waals surface area contributed by atoms with Gasteiger partial charge in [-0.25, -0.2) is 0 Å². The van der Waals surface area contributed by atoms with Gasteiger partial charge in [-0.15, -0.1) is 0 Å². The van der Waals surface area contributed by atoms with Gasteiger partial charge >= 0.3 is 0 Å². The molecule has 24 heavy (non-hydrogen) atoms. The minimum Gasteiger partial charge on any atom is -0.334 e. The minimum absolute atomic E-state index is 0.0162. The van der Waals surface area contributed by atoms with E-state index < -0.39 is 0 Å². The molecule has 0 radical (unpaired) electrons. The van der Waals surface area contributed by atoms with Crippen LogP contribution in [0.5, 0.6) is 0 Å². The summed E-state index contributed by atoms with van der Waals surface area (Å²) < 4.78 is 0. The standard InChI is InChI=1S/C19H19N3O2/c23-18(13-21-12-15-5-1-2-7-16(15)19(21)24)22-10-4-8-17(22)14-6-3-9-20-11-14/h1-3,5-7,9,11,17H,4,8,10,12-13H2. The molecule has 1 atom stereocenters. The number of pyridine rings is 1. The first-order valence-corrected chi connectivity index (χ1v) is 8.30. The molecule has 3 heterocycles. The van der Waals surface area contributed by atoms with Crippen molar-refractivity contribution in [3.63, 3.8) is 0 Å². The number of carbonyl (C=O) groups excluding carboxylic acids is 2. The molecule has 1 saturated heterocycles. The van der Waals surface area contributed by atoms with E-state index in [0.29, 0.717) is 6.54 Å². The van der Waals surface area contributed by atoms with Crippen molar-refractivity contribution in [2.75, 3.05) is 13.1 Å². The van der Waals surface area contributed by atoms with E-state index in [1.54, 1.807) is 11.1 Å². The SMILES string of the molecule is O=C1c2ccccc2CN1CC(=O)N1CCCC1c1cccnc1. The third kappa shape index (κ3) is 2.56. The lowest BCUT2D eigenvalue weighted by molar-refractivity contribution is -0.132. The molecule has 5 nitrogen and oxygen atoms in total. The molecule has 5 heteroatoms. The molecule has 2 aromatic rings. The van der Waals surface area contributed by atoms with Crippen LogP contribution in [0.25, 0.3) is 0 Å². The van der Waals surface area contributed by atoms with Gasteiger partial charge in [-0.1, -0.05) is 24.3 Å².